The van der Waals surface area contributed by atoms with Gasteiger partial charge in [0, 0.05) is 46.6 Å². The molecule has 0 amide bonds. The van der Waals surface area contributed by atoms with Gasteiger partial charge in [-0.3, -0.25) is 9.71 Å². The third-order valence-electron chi connectivity index (χ3n) is 7.13. The topological polar surface area (TPSA) is 197 Å². The van der Waals surface area contributed by atoms with Gasteiger partial charge in [0.2, 0.25) is 0 Å². The zero-order valence-corrected chi connectivity index (χ0v) is 29.8. The summed E-state index contributed by atoms with van der Waals surface area (Å²) in [6, 6.07) is 28.3. The molecule has 1 aromatic heterocycles. The van der Waals surface area contributed by atoms with Crippen molar-refractivity contribution in [2.75, 3.05) is 24.7 Å². The van der Waals surface area contributed by atoms with Crippen LogP contribution in [0.25, 0.3) is 0 Å². The first-order valence-electron chi connectivity index (χ1n) is 15.0. The van der Waals surface area contributed by atoms with E-state index in [0.29, 0.717) is 41.6 Å². The highest BCUT2D eigenvalue weighted by molar-refractivity contribution is 8.13. The number of nitrogens with one attached hydrogen (secondary N) is 1. The fourth-order valence-electron chi connectivity index (χ4n) is 4.56. The second-order valence-electron chi connectivity index (χ2n) is 10.6. The third-order valence-corrected chi connectivity index (χ3v) is 9.86. The van der Waals surface area contributed by atoms with Crippen molar-refractivity contribution in [3.63, 3.8) is 0 Å². The number of benzene rings is 4. The summed E-state index contributed by atoms with van der Waals surface area (Å²) in [5.41, 5.74) is 9.79. The van der Waals surface area contributed by atoms with Gasteiger partial charge in [-0.05, 0) is 82.7 Å². The minimum Gasteiger partial charge on any atom is -0.497 e. The van der Waals surface area contributed by atoms with Crippen LogP contribution in [0.4, 0.5) is 11.4 Å². The molecule has 18 heteroatoms. The van der Waals surface area contributed by atoms with Gasteiger partial charge in [-0.25, -0.2) is 16.8 Å². The number of aromatic nitrogens is 1. The second kappa shape index (κ2) is 20.6. The van der Waals surface area contributed by atoms with Crippen LogP contribution >= 0.6 is 10.7 Å². The van der Waals surface area contributed by atoms with Crippen LogP contribution in [0, 0.1) is 0 Å². The molecule has 0 radical (unpaired) electrons. The Hall–Kier alpha value is -4.61. The van der Waals surface area contributed by atoms with Crippen LogP contribution in [0.1, 0.15) is 26.0 Å². The van der Waals surface area contributed by atoms with Crippen molar-refractivity contribution in [3.05, 3.63) is 127 Å². The molecule has 53 heavy (non-hydrogen) atoms. The van der Waals surface area contributed by atoms with Gasteiger partial charge in [-0.1, -0.05) is 45.2 Å². The number of sulfonamides is 1. The summed E-state index contributed by atoms with van der Waals surface area (Å²) in [6.07, 6.45) is 3.50. The Morgan fingerprint density at radius 3 is 1.72 bits per heavy atom. The summed E-state index contributed by atoms with van der Waals surface area (Å²) in [7, 11) is -1.14. The molecule has 282 valence electrons. The van der Waals surface area contributed by atoms with E-state index in [9.17, 15) is 26.9 Å². The molecule has 2 aliphatic heterocycles. The van der Waals surface area contributed by atoms with Crippen LogP contribution in [0.2, 0.25) is 0 Å². The maximum Gasteiger partial charge on any atom is 0.491 e. The average Bonchev–Trinajstić information content (AvgIpc) is 3.70. The molecular formula is C35H42B2ClN3O10S2. The lowest BCUT2D eigenvalue weighted by atomic mass is 9.79. The Balaban J connectivity index is 0.000000266. The molecule has 5 N–H and O–H groups in total. The lowest BCUT2D eigenvalue weighted by Crippen LogP contribution is -2.28. The van der Waals surface area contributed by atoms with Gasteiger partial charge in [-0.2, -0.15) is 0 Å². The normalized spacial score (nSPS) is 12.3. The molecule has 5 aromatic rings. The van der Waals surface area contributed by atoms with Crippen LogP contribution in [-0.4, -0.2) is 60.3 Å². The molecule has 3 heterocycles. The predicted molar refractivity (Wildman–Crippen MR) is 210 cm³/mol. The van der Waals surface area contributed by atoms with E-state index in [4.69, 9.17) is 35.2 Å². The SMILES string of the molecule is C.C.COc1cccc(S(=O)(=O)Cl)c1.COc1cccc(S(=O)(=O)Nc2ccc3c(c2)B(O)OC3)c1.Nc1ccc2c(c1)B(O)OC2.c1ccncc1. The molecule has 0 aliphatic carbocycles. The highest BCUT2D eigenvalue weighted by atomic mass is 35.7. The van der Waals surface area contributed by atoms with Crippen molar-refractivity contribution in [3.8, 4) is 11.5 Å². The number of ether oxygens (including phenoxy) is 2. The van der Waals surface area contributed by atoms with Crippen molar-refractivity contribution in [2.45, 2.75) is 37.9 Å². The highest BCUT2D eigenvalue weighted by Crippen LogP contribution is 2.22. The van der Waals surface area contributed by atoms with Crippen molar-refractivity contribution in [1.29, 1.82) is 0 Å². The number of halogens is 1. The van der Waals surface area contributed by atoms with Crippen LogP contribution in [0.5, 0.6) is 11.5 Å². The summed E-state index contributed by atoms with van der Waals surface area (Å²) >= 11 is 0. The molecular weight excluding hydrogens is 744 g/mol. The highest BCUT2D eigenvalue weighted by Gasteiger charge is 2.28. The first-order chi connectivity index (χ1) is 24.3. The standard InChI is InChI=1S/C14H14BNO5S.C7H8BNO2.C7H7ClO3S.C5H5N.2CH4/c1-20-12-3-2-4-13(8-12)22(18,19)16-11-6-5-10-9-21-15(17)14(10)7-11;9-6-2-1-5-4-11-8(10)7(5)3-6;1-11-6-3-2-4-7(5-6)12(8,9)10;1-2-4-6-5-3-1;;/h2-8,16-17H,9H2,1H3;1-3,10H,4,9H2;2-5H,1H3;1-5H;2*1H4. The minimum atomic E-state index is -3.73. The van der Waals surface area contributed by atoms with Gasteiger partial charge in [0.1, 0.15) is 11.5 Å². The van der Waals surface area contributed by atoms with E-state index in [1.165, 1.54) is 38.5 Å². The molecule has 0 atom stereocenters. The van der Waals surface area contributed by atoms with E-state index in [-0.39, 0.29) is 24.6 Å². The van der Waals surface area contributed by atoms with Gasteiger partial charge in [0.15, 0.2) is 0 Å². The summed E-state index contributed by atoms with van der Waals surface area (Å²) in [5.74, 6) is 0.928. The van der Waals surface area contributed by atoms with Crippen LogP contribution < -0.4 is 30.9 Å². The molecule has 0 bridgehead atoms. The van der Waals surface area contributed by atoms with Crippen molar-refractivity contribution >= 4 is 66.3 Å². The van der Waals surface area contributed by atoms with E-state index in [0.717, 1.165) is 16.6 Å². The fourth-order valence-corrected chi connectivity index (χ4v) is 6.43. The number of hydrogen-bond donors (Lipinski definition) is 4. The molecule has 0 spiro atoms. The van der Waals surface area contributed by atoms with E-state index in [2.05, 4.69) is 9.71 Å². The number of nitrogens with two attached hydrogens (primary N) is 1. The fraction of sp³-hybridized carbons (Fsp3) is 0.171. The molecule has 0 saturated heterocycles. The van der Waals surface area contributed by atoms with Gasteiger partial charge in [0.25, 0.3) is 19.1 Å². The Bertz CT molecular complexity index is 2110. The van der Waals surface area contributed by atoms with Gasteiger partial charge in [-0.15, -0.1) is 0 Å². The maximum absolute atomic E-state index is 12.4. The average molecular weight is 786 g/mol. The number of hydrogen-bond acceptors (Lipinski definition) is 12. The summed E-state index contributed by atoms with van der Waals surface area (Å²) < 4.78 is 68.8. The predicted octanol–water partition coefficient (Wildman–Crippen LogP) is 4.18. The number of fused-ring (bicyclic) bond motifs is 2. The van der Waals surface area contributed by atoms with Crippen molar-refractivity contribution in [1.82, 2.24) is 4.98 Å². The quantitative estimate of drug-likeness (QED) is 0.109. The lowest BCUT2D eigenvalue weighted by molar-refractivity contribution is 0.275. The molecule has 0 fully saturated rings. The van der Waals surface area contributed by atoms with Crippen molar-refractivity contribution < 1.29 is 45.7 Å². The number of anilines is 2. The summed E-state index contributed by atoms with van der Waals surface area (Å²) in [4.78, 5) is 3.93. The van der Waals surface area contributed by atoms with Gasteiger partial charge < -0.3 is 34.6 Å². The van der Waals surface area contributed by atoms with E-state index >= 15 is 0 Å². The van der Waals surface area contributed by atoms with E-state index in [1.807, 2.05) is 24.3 Å². The van der Waals surface area contributed by atoms with Gasteiger partial charge >= 0.3 is 14.2 Å². The molecule has 7 rings (SSSR count). The molecule has 2 aliphatic rings. The molecule has 13 nitrogen and oxygen atoms in total. The number of nitrogen functional groups attached to an aromatic ring is 1. The Labute approximate surface area is 316 Å². The zero-order valence-electron chi connectivity index (χ0n) is 27.4. The summed E-state index contributed by atoms with van der Waals surface area (Å²) in [5, 5.41) is 18.9. The van der Waals surface area contributed by atoms with Crippen LogP contribution in [-0.2, 0) is 41.6 Å². The number of methoxy groups -OCH3 is 2. The number of pyridine rings is 1. The lowest BCUT2D eigenvalue weighted by Gasteiger charge is -2.10. The van der Waals surface area contributed by atoms with E-state index in [1.54, 1.807) is 67.0 Å². The second-order valence-corrected chi connectivity index (χ2v) is 14.9. The minimum absolute atomic E-state index is 0. The first kappa shape index (κ1) is 44.6. The Kier molecular flexibility index (Phi) is 17.3. The third kappa shape index (κ3) is 13.1. The molecule has 4 aromatic carbocycles. The van der Waals surface area contributed by atoms with Gasteiger partial charge in [0.05, 0.1) is 37.2 Å². The first-order valence-corrected chi connectivity index (χ1v) is 18.8. The Morgan fingerprint density at radius 1 is 0.717 bits per heavy atom. The monoisotopic (exact) mass is 785 g/mol. The Morgan fingerprint density at radius 2 is 1.23 bits per heavy atom. The number of rotatable bonds is 6. The largest absolute Gasteiger partial charge is 0.497 e. The zero-order chi connectivity index (χ0) is 37.0. The van der Waals surface area contributed by atoms with Crippen LogP contribution in [0.15, 0.2) is 125 Å². The smallest absolute Gasteiger partial charge is 0.491 e. The number of nitrogens with zero attached hydrogens (tertiary/aromatic N) is 1. The molecule has 0 saturated carbocycles. The van der Waals surface area contributed by atoms with E-state index < -0.39 is 33.3 Å². The van der Waals surface area contributed by atoms with Crippen molar-refractivity contribution in [2.24, 2.45) is 0 Å². The summed E-state index contributed by atoms with van der Waals surface area (Å²) in [6.45, 7) is 0.802. The molecule has 0 unspecified atom stereocenters. The maximum atomic E-state index is 12.4. The van der Waals surface area contributed by atoms with Crippen LogP contribution in [0.3, 0.4) is 0 Å².